The minimum absolute atomic E-state index is 0.655. The first kappa shape index (κ1) is 38.1. The molecular weight excluding hydrogens is 530 g/mol. The second-order valence-electron chi connectivity index (χ2n) is 6.48. The second-order valence-corrected chi connectivity index (χ2v) is 29.7. The average molecular weight is 573 g/mol. The zero-order valence-corrected chi connectivity index (χ0v) is 27.1. The average Bonchev–Trinajstić information content (AvgIpc) is 2.52. The van der Waals surface area contributed by atoms with E-state index in [1.54, 1.807) is 27.9 Å². The Bertz CT molecular complexity index is 307. The van der Waals surface area contributed by atoms with Crippen LogP contribution in [-0.4, -0.2) is 72.1 Å². The largest absolute Gasteiger partial charge is 0.497 e. The molecule has 0 aliphatic heterocycles. The Labute approximate surface area is 202 Å². The molecule has 0 spiro atoms. The van der Waals surface area contributed by atoms with Gasteiger partial charge in [-0.3, -0.25) is 0 Å². The van der Waals surface area contributed by atoms with Crippen molar-refractivity contribution in [2.45, 2.75) is 60.1 Å². The lowest BCUT2D eigenvalue weighted by molar-refractivity contribution is 0.0783. The van der Waals surface area contributed by atoms with Crippen LogP contribution in [0.15, 0.2) is 0 Å². The number of hydrogen-bond donors (Lipinski definition) is 0. The standard InChI is InChI=1S/C7H18O3Si.C4H12O3Si.C3H9ClSi.CH3Cl3Si/c1-5-8-11(4,9-6-2)10-7-3;1-5-8(4,6-2)7-3;2*1-5(2,3)4/h5-7H2,1-4H3;1-4H3;1-3H3;1H3. The quantitative estimate of drug-likeness (QED) is 0.233. The van der Waals surface area contributed by atoms with Gasteiger partial charge >= 0.3 is 23.6 Å². The highest BCUT2D eigenvalue weighted by Crippen LogP contribution is 2.17. The van der Waals surface area contributed by atoms with Gasteiger partial charge in [-0.2, -0.15) is 11.1 Å². The fourth-order valence-corrected chi connectivity index (χ4v) is 3.48. The SMILES string of the molecule is CCO[Si](C)(OCC)OCC.CO[Si](C)(OC)OC.C[Si](C)(C)Cl.C[Si](Cl)(Cl)Cl. The van der Waals surface area contributed by atoms with Crippen molar-refractivity contribution < 1.29 is 26.6 Å². The van der Waals surface area contributed by atoms with Crippen molar-refractivity contribution in [1.82, 2.24) is 0 Å². The van der Waals surface area contributed by atoms with E-state index in [1.165, 1.54) is 0 Å². The first-order chi connectivity index (χ1) is 12.9. The van der Waals surface area contributed by atoms with Gasteiger partial charge in [0.1, 0.15) is 7.38 Å². The Morgan fingerprint density at radius 3 is 0.759 bits per heavy atom. The molecule has 29 heavy (non-hydrogen) atoms. The molecule has 0 aromatic carbocycles. The van der Waals surface area contributed by atoms with Crippen LogP contribution in [0, 0.1) is 0 Å². The van der Waals surface area contributed by atoms with Crippen molar-refractivity contribution in [1.29, 1.82) is 0 Å². The molecule has 14 heteroatoms. The van der Waals surface area contributed by atoms with Crippen LogP contribution in [0.1, 0.15) is 20.8 Å². The van der Waals surface area contributed by atoms with Crippen LogP contribution < -0.4 is 0 Å². The summed E-state index contributed by atoms with van der Waals surface area (Å²) in [6, 6.07) is -2.19. The van der Waals surface area contributed by atoms with Crippen LogP contribution in [0.5, 0.6) is 0 Å². The molecule has 0 amide bonds. The number of halogens is 4. The second kappa shape index (κ2) is 20.4. The highest BCUT2D eigenvalue weighted by atomic mass is 35.8. The molecular formula is C15H42Cl4O6Si4. The predicted octanol–water partition coefficient (Wildman–Crippen LogP) is 6.49. The molecule has 0 aromatic rings. The zero-order valence-electron chi connectivity index (χ0n) is 20.1. The zero-order chi connectivity index (χ0) is 24.4. The molecule has 0 aliphatic rings. The van der Waals surface area contributed by atoms with Crippen molar-refractivity contribution >= 4 is 75.3 Å². The Balaban J connectivity index is -0.000000153. The third kappa shape index (κ3) is 44.3. The molecule has 0 N–H and O–H groups in total. The molecule has 0 aromatic heterocycles. The lowest BCUT2D eigenvalue weighted by Gasteiger charge is -2.23. The summed E-state index contributed by atoms with van der Waals surface area (Å²) in [5.74, 6) is 0. The molecule has 0 unspecified atom stereocenters. The summed E-state index contributed by atoms with van der Waals surface area (Å²) in [5, 5.41) is 0. The van der Waals surface area contributed by atoms with Gasteiger partial charge in [0, 0.05) is 54.2 Å². The monoisotopic (exact) mass is 570 g/mol. The fraction of sp³-hybridized carbons (Fsp3) is 1.00. The minimum Gasteiger partial charge on any atom is -0.377 e. The van der Waals surface area contributed by atoms with Gasteiger partial charge in [0.25, 0.3) is 0 Å². The van der Waals surface area contributed by atoms with Crippen molar-refractivity contribution in [3.05, 3.63) is 0 Å². The maximum Gasteiger partial charge on any atom is 0.497 e. The van der Waals surface area contributed by atoms with E-state index < -0.39 is 31.0 Å². The van der Waals surface area contributed by atoms with Gasteiger partial charge < -0.3 is 26.6 Å². The number of rotatable bonds is 9. The molecule has 0 bridgehead atoms. The van der Waals surface area contributed by atoms with E-state index in [0.717, 1.165) is 0 Å². The molecule has 0 heterocycles. The van der Waals surface area contributed by atoms with Crippen LogP contribution in [0.25, 0.3) is 0 Å². The predicted molar refractivity (Wildman–Crippen MR) is 138 cm³/mol. The van der Waals surface area contributed by atoms with Crippen LogP contribution in [0.2, 0.25) is 39.3 Å². The maximum atomic E-state index is 5.67. The highest BCUT2D eigenvalue weighted by molar-refractivity contribution is 7.64. The molecule has 0 saturated heterocycles. The molecule has 0 fully saturated rings. The van der Waals surface area contributed by atoms with Gasteiger partial charge in [0.15, 0.2) is 0 Å². The maximum absolute atomic E-state index is 5.67. The minimum atomic E-state index is -2.25. The van der Waals surface area contributed by atoms with Gasteiger partial charge in [0.05, 0.1) is 0 Å². The van der Waals surface area contributed by atoms with Crippen LogP contribution in [0.4, 0.5) is 0 Å². The van der Waals surface area contributed by atoms with Crippen LogP contribution >= 0.6 is 44.3 Å². The molecule has 0 atom stereocenters. The normalized spacial score (nSPS) is 12.0. The Hall–Kier alpha value is 1.79. The van der Waals surface area contributed by atoms with Crippen molar-refractivity contribution in [2.24, 2.45) is 0 Å². The first-order valence-corrected chi connectivity index (χ1v) is 23.7. The lowest BCUT2D eigenvalue weighted by atomic mass is 10.9. The third-order valence-electron chi connectivity index (χ3n) is 2.33. The molecule has 0 radical (unpaired) electrons. The van der Waals surface area contributed by atoms with E-state index in [1.807, 2.05) is 33.9 Å². The van der Waals surface area contributed by atoms with E-state index in [9.17, 15) is 0 Å². The Morgan fingerprint density at radius 1 is 0.517 bits per heavy atom. The topological polar surface area (TPSA) is 55.4 Å². The summed E-state index contributed by atoms with van der Waals surface area (Å²) < 4.78 is 31.0. The lowest BCUT2D eigenvalue weighted by Crippen LogP contribution is -2.42. The summed E-state index contributed by atoms with van der Waals surface area (Å²) in [7, 11) is -0.812. The molecule has 0 rings (SSSR count). The third-order valence-corrected chi connectivity index (χ3v) is 7.00. The fourth-order valence-electron chi connectivity index (χ4n) is 1.16. The van der Waals surface area contributed by atoms with Crippen LogP contribution in [0.3, 0.4) is 0 Å². The van der Waals surface area contributed by atoms with E-state index in [4.69, 9.17) is 70.9 Å². The summed E-state index contributed by atoms with van der Waals surface area (Å²) in [5.41, 5.74) is 0. The summed E-state index contributed by atoms with van der Waals surface area (Å²) in [6.07, 6.45) is 0. The molecule has 0 saturated carbocycles. The van der Waals surface area contributed by atoms with Gasteiger partial charge in [-0.05, 0) is 27.3 Å². The van der Waals surface area contributed by atoms with Crippen LogP contribution in [-0.2, 0) is 26.6 Å². The Morgan fingerprint density at radius 2 is 0.690 bits per heavy atom. The molecule has 182 valence electrons. The summed E-state index contributed by atoms with van der Waals surface area (Å²) in [6.45, 7) is 19.5. The van der Waals surface area contributed by atoms with Crippen molar-refractivity contribution in [2.75, 3.05) is 41.2 Å². The highest BCUT2D eigenvalue weighted by Gasteiger charge is 2.33. The van der Waals surface area contributed by atoms with E-state index in [2.05, 4.69) is 19.6 Å². The summed E-state index contributed by atoms with van der Waals surface area (Å²) >= 11 is 21.3. The van der Waals surface area contributed by atoms with E-state index >= 15 is 0 Å². The first-order valence-electron chi connectivity index (χ1n) is 9.19. The van der Waals surface area contributed by atoms with Crippen molar-refractivity contribution in [3.8, 4) is 0 Å². The van der Waals surface area contributed by atoms with Crippen molar-refractivity contribution in [3.63, 3.8) is 0 Å². The van der Waals surface area contributed by atoms with E-state index in [-0.39, 0.29) is 0 Å². The smallest absolute Gasteiger partial charge is 0.377 e. The van der Waals surface area contributed by atoms with Gasteiger partial charge in [-0.15, -0.1) is 33.2 Å². The van der Waals surface area contributed by atoms with Gasteiger partial charge in [0.2, 0.25) is 0 Å². The van der Waals surface area contributed by atoms with Gasteiger partial charge in [-0.1, -0.05) is 19.6 Å². The molecule has 6 nitrogen and oxygen atoms in total. The molecule has 0 aliphatic carbocycles. The Kier molecular flexibility index (Phi) is 26.8. The number of hydrogen-bond acceptors (Lipinski definition) is 6. The van der Waals surface area contributed by atoms with E-state index in [0.29, 0.717) is 19.8 Å². The van der Waals surface area contributed by atoms with Gasteiger partial charge in [-0.25, -0.2) is 0 Å². The summed E-state index contributed by atoms with van der Waals surface area (Å²) in [4.78, 5) is 0.